The molecule has 1 aliphatic carbocycles. The number of anilines is 2. The van der Waals surface area contributed by atoms with Gasteiger partial charge in [0.25, 0.3) is 0 Å². The Hall–Kier alpha value is -3.19. The summed E-state index contributed by atoms with van der Waals surface area (Å²) in [5, 5.41) is 11.6. The van der Waals surface area contributed by atoms with Gasteiger partial charge in [-0.3, -0.25) is 0 Å². The van der Waals surface area contributed by atoms with Gasteiger partial charge in [0.15, 0.2) is 0 Å². The highest BCUT2D eigenvalue weighted by molar-refractivity contribution is 5.91. The molecule has 5 rings (SSSR count). The van der Waals surface area contributed by atoms with Crippen LogP contribution in [-0.4, -0.2) is 85.5 Å². The maximum atomic E-state index is 14.9. The lowest BCUT2D eigenvalue weighted by molar-refractivity contribution is -0.353. The van der Waals surface area contributed by atoms with Gasteiger partial charge in [-0.2, -0.15) is 22.5 Å². The Balaban J connectivity index is 1.40. The first kappa shape index (κ1) is 27.4. The predicted octanol–water partition coefficient (Wildman–Crippen LogP) is 4.30. The average Bonchev–Trinajstić information content (AvgIpc) is 3.35. The van der Waals surface area contributed by atoms with Crippen molar-refractivity contribution in [2.24, 2.45) is 5.41 Å². The summed E-state index contributed by atoms with van der Waals surface area (Å²) in [5.74, 6) is -8.19. The van der Waals surface area contributed by atoms with E-state index in [0.29, 0.717) is 48.8 Å². The van der Waals surface area contributed by atoms with Crippen LogP contribution in [0.3, 0.4) is 0 Å². The van der Waals surface area contributed by atoms with E-state index in [1.54, 1.807) is 19.1 Å². The molecule has 1 atom stereocenters. The SMILES string of the molecule is Cc1cc(F)c(NC(=O)N2CC[C@]3(C2)CC(F)(F)C3(F)F)cc1-c1cc(OCCO)nc(N2CCOCC2)c1. The summed E-state index contributed by atoms with van der Waals surface area (Å²) in [7, 11) is 0. The molecule has 13 heteroatoms. The van der Waals surface area contributed by atoms with Gasteiger partial charge in [-0.15, -0.1) is 0 Å². The van der Waals surface area contributed by atoms with Crippen molar-refractivity contribution in [2.45, 2.75) is 31.6 Å². The number of hydrogen-bond donors (Lipinski definition) is 2. The Kier molecular flexibility index (Phi) is 7.08. The van der Waals surface area contributed by atoms with E-state index in [1.165, 1.54) is 12.1 Å². The number of carbonyl (C=O) groups excluding carboxylic acids is 1. The third-order valence-electron chi connectivity index (χ3n) is 7.66. The van der Waals surface area contributed by atoms with Crippen molar-refractivity contribution >= 4 is 17.5 Å². The monoisotopic (exact) mass is 556 g/mol. The molecular formula is C26H29F5N4O4. The second-order valence-corrected chi connectivity index (χ2v) is 10.2. The highest BCUT2D eigenvalue weighted by Crippen LogP contribution is 2.66. The van der Waals surface area contributed by atoms with E-state index in [-0.39, 0.29) is 37.7 Å². The van der Waals surface area contributed by atoms with Crippen molar-refractivity contribution in [1.29, 1.82) is 0 Å². The number of benzene rings is 1. The number of aryl methyl sites for hydroxylation is 1. The zero-order valence-corrected chi connectivity index (χ0v) is 21.3. The molecule has 0 bridgehead atoms. The number of hydrogen-bond acceptors (Lipinski definition) is 6. The summed E-state index contributed by atoms with van der Waals surface area (Å²) in [4.78, 5) is 20.4. The molecule has 2 aliphatic heterocycles. The number of urea groups is 1. The van der Waals surface area contributed by atoms with Gasteiger partial charge in [-0.05, 0) is 48.2 Å². The van der Waals surface area contributed by atoms with Gasteiger partial charge in [0.05, 0.1) is 30.9 Å². The molecule has 3 fully saturated rings. The maximum Gasteiger partial charge on any atom is 0.321 e. The number of aliphatic hydroxyl groups excluding tert-OH is 1. The zero-order valence-electron chi connectivity index (χ0n) is 21.3. The van der Waals surface area contributed by atoms with Gasteiger partial charge in [-0.1, -0.05) is 0 Å². The third kappa shape index (κ3) is 4.86. The molecule has 2 saturated heterocycles. The second kappa shape index (κ2) is 10.1. The van der Waals surface area contributed by atoms with Crippen LogP contribution in [0, 0.1) is 18.2 Å². The first-order chi connectivity index (χ1) is 18.5. The van der Waals surface area contributed by atoms with E-state index in [9.17, 15) is 31.9 Å². The Morgan fingerprint density at radius 2 is 1.90 bits per heavy atom. The summed E-state index contributed by atoms with van der Waals surface area (Å²) >= 11 is 0. The van der Waals surface area contributed by atoms with Crippen LogP contribution in [0.15, 0.2) is 24.3 Å². The minimum absolute atomic E-state index is 0.0189. The van der Waals surface area contributed by atoms with Crippen molar-refractivity contribution in [3.63, 3.8) is 0 Å². The summed E-state index contributed by atoms with van der Waals surface area (Å²) in [6, 6.07) is 5.25. The van der Waals surface area contributed by atoms with E-state index >= 15 is 0 Å². The van der Waals surface area contributed by atoms with Crippen LogP contribution in [0.2, 0.25) is 0 Å². The highest BCUT2D eigenvalue weighted by Gasteiger charge is 2.81. The Bertz CT molecular complexity index is 1260. The lowest BCUT2D eigenvalue weighted by Gasteiger charge is -2.51. The molecule has 212 valence electrons. The zero-order chi connectivity index (χ0) is 28.0. The molecule has 8 nitrogen and oxygen atoms in total. The van der Waals surface area contributed by atoms with Crippen molar-refractivity contribution < 1.29 is 41.3 Å². The van der Waals surface area contributed by atoms with Crippen molar-refractivity contribution in [2.75, 3.05) is 62.8 Å². The van der Waals surface area contributed by atoms with Crippen molar-refractivity contribution in [3.8, 4) is 17.0 Å². The molecule has 0 unspecified atom stereocenters. The summed E-state index contributed by atoms with van der Waals surface area (Å²) in [6.45, 7) is 3.05. The number of amides is 2. The van der Waals surface area contributed by atoms with Crippen LogP contribution < -0.4 is 15.0 Å². The molecule has 3 heterocycles. The van der Waals surface area contributed by atoms with Gasteiger partial charge in [-0.25, -0.2) is 9.18 Å². The normalized spacial score (nSPS) is 23.6. The number of carbonyl (C=O) groups is 1. The largest absolute Gasteiger partial charge is 0.475 e. The smallest absolute Gasteiger partial charge is 0.321 e. The Morgan fingerprint density at radius 1 is 1.15 bits per heavy atom. The fraction of sp³-hybridized carbons (Fsp3) is 0.538. The van der Waals surface area contributed by atoms with E-state index < -0.39 is 42.1 Å². The van der Waals surface area contributed by atoms with Crippen LogP contribution in [0.5, 0.6) is 5.88 Å². The fourth-order valence-corrected chi connectivity index (χ4v) is 5.47. The number of ether oxygens (including phenoxy) is 2. The van der Waals surface area contributed by atoms with E-state index in [4.69, 9.17) is 9.47 Å². The number of aliphatic hydroxyl groups is 1. The minimum Gasteiger partial charge on any atom is -0.475 e. The van der Waals surface area contributed by atoms with E-state index in [1.807, 2.05) is 4.90 Å². The molecule has 0 radical (unpaired) electrons. The van der Waals surface area contributed by atoms with Gasteiger partial charge in [0, 0.05) is 38.7 Å². The van der Waals surface area contributed by atoms with Gasteiger partial charge in [0.2, 0.25) is 5.88 Å². The average molecular weight is 557 g/mol. The summed E-state index contributed by atoms with van der Waals surface area (Å²) in [6.07, 6.45) is -1.25. The number of aromatic nitrogens is 1. The van der Waals surface area contributed by atoms with Crippen molar-refractivity contribution in [1.82, 2.24) is 9.88 Å². The van der Waals surface area contributed by atoms with E-state index in [0.717, 1.165) is 4.90 Å². The van der Waals surface area contributed by atoms with Crippen LogP contribution in [0.1, 0.15) is 18.4 Å². The lowest BCUT2D eigenvalue weighted by Crippen LogP contribution is -2.67. The number of likely N-dealkylation sites (tertiary alicyclic amines) is 1. The first-order valence-electron chi connectivity index (χ1n) is 12.7. The molecule has 2 N–H and O–H groups in total. The number of rotatable bonds is 6. The van der Waals surface area contributed by atoms with Crippen molar-refractivity contribution in [3.05, 3.63) is 35.6 Å². The van der Waals surface area contributed by atoms with Gasteiger partial charge >= 0.3 is 17.9 Å². The maximum absolute atomic E-state index is 14.9. The first-order valence-corrected chi connectivity index (χ1v) is 12.7. The summed E-state index contributed by atoms with van der Waals surface area (Å²) in [5.41, 5.74) is -0.434. The van der Waals surface area contributed by atoms with E-state index in [2.05, 4.69) is 10.3 Å². The molecule has 3 aliphatic rings. The minimum atomic E-state index is -4.20. The number of morpholine rings is 1. The summed E-state index contributed by atoms with van der Waals surface area (Å²) < 4.78 is 81.2. The molecule has 2 amide bonds. The molecule has 1 aromatic heterocycles. The molecule has 1 saturated carbocycles. The lowest BCUT2D eigenvalue weighted by atomic mass is 9.62. The topological polar surface area (TPSA) is 87.2 Å². The molecule has 2 aromatic rings. The quantitative estimate of drug-likeness (QED) is 0.516. The standard InChI is InChI=1S/C26H29F5N4O4/c1-16-10-19(27)20(32-23(37)35-3-2-24(15-35)14-25(28,29)26(24,30)31)13-18(16)17-11-21(34-4-7-38-8-5-34)33-22(12-17)39-9-6-36/h10-13,36H,2-9,14-15H2,1H3,(H,32,37)/t24-/m1/s1. The van der Waals surface area contributed by atoms with Crippen LogP contribution in [-0.2, 0) is 4.74 Å². The van der Waals surface area contributed by atoms with Gasteiger partial charge in [0.1, 0.15) is 18.2 Å². The molecular weight excluding hydrogens is 527 g/mol. The number of halogens is 5. The fourth-order valence-electron chi connectivity index (χ4n) is 5.47. The Morgan fingerprint density at radius 3 is 2.56 bits per heavy atom. The highest BCUT2D eigenvalue weighted by atomic mass is 19.3. The number of nitrogens with one attached hydrogen (secondary N) is 1. The number of pyridine rings is 1. The molecule has 39 heavy (non-hydrogen) atoms. The molecule has 1 spiro atoms. The van der Waals surface area contributed by atoms with Gasteiger partial charge < -0.3 is 29.7 Å². The van der Waals surface area contributed by atoms with Crippen LogP contribution in [0.4, 0.5) is 38.3 Å². The Labute approximate surface area is 221 Å². The number of alkyl halides is 4. The van der Waals surface area contributed by atoms with Crippen LogP contribution in [0.25, 0.3) is 11.1 Å². The van der Waals surface area contributed by atoms with Crippen LogP contribution >= 0.6 is 0 Å². The predicted molar refractivity (Wildman–Crippen MR) is 132 cm³/mol. The second-order valence-electron chi connectivity index (χ2n) is 10.2. The third-order valence-corrected chi connectivity index (χ3v) is 7.66. The molecule has 1 aromatic carbocycles. The number of nitrogens with zero attached hydrogens (tertiary/aromatic N) is 3.